The number of carbonyl (C=O) groups is 1. The number of halogens is 1. The molecule has 0 radical (unpaired) electrons. The van der Waals surface area contributed by atoms with E-state index in [-0.39, 0.29) is 24.2 Å². The van der Waals surface area contributed by atoms with Crippen molar-refractivity contribution >= 4 is 18.3 Å². The minimum Gasteiger partial charge on any atom is -0.356 e. The van der Waals surface area contributed by atoms with Gasteiger partial charge in [0.1, 0.15) is 0 Å². The number of hydrogen-bond donors (Lipinski definition) is 2. The highest BCUT2D eigenvalue weighted by molar-refractivity contribution is 5.85. The Kier molecular flexibility index (Phi) is 7.63. The molecular formula is C13H26ClN3O. The molecule has 0 spiro atoms. The quantitative estimate of drug-likeness (QED) is 0.736. The maximum Gasteiger partial charge on any atom is 0.224 e. The van der Waals surface area contributed by atoms with Crippen molar-refractivity contribution in [2.24, 2.45) is 5.92 Å². The first kappa shape index (κ1) is 15.7. The molecule has 1 atom stereocenters. The summed E-state index contributed by atoms with van der Waals surface area (Å²) in [6.45, 7) is 6.33. The first-order valence-electron chi connectivity index (χ1n) is 7.07. The fourth-order valence-electron chi connectivity index (χ4n) is 2.72. The van der Waals surface area contributed by atoms with Crippen molar-refractivity contribution in [1.82, 2.24) is 15.5 Å². The highest BCUT2D eigenvalue weighted by Gasteiger charge is 2.21. The van der Waals surface area contributed by atoms with Crippen LogP contribution in [-0.4, -0.2) is 50.1 Å². The van der Waals surface area contributed by atoms with Crippen molar-refractivity contribution in [2.45, 2.75) is 32.1 Å². The van der Waals surface area contributed by atoms with Gasteiger partial charge in [0.25, 0.3) is 0 Å². The van der Waals surface area contributed by atoms with E-state index in [2.05, 4.69) is 15.5 Å². The normalized spacial score (nSPS) is 24.6. The summed E-state index contributed by atoms with van der Waals surface area (Å²) in [5.74, 6) is 0.457. The molecule has 2 N–H and O–H groups in total. The summed E-state index contributed by atoms with van der Waals surface area (Å²) < 4.78 is 0. The lowest BCUT2D eigenvalue weighted by molar-refractivity contribution is -0.124. The van der Waals surface area contributed by atoms with E-state index in [0.717, 1.165) is 39.0 Å². The van der Waals surface area contributed by atoms with Crippen molar-refractivity contribution in [1.29, 1.82) is 0 Å². The van der Waals surface area contributed by atoms with Crippen LogP contribution in [0.25, 0.3) is 0 Å². The van der Waals surface area contributed by atoms with Crippen LogP contribution in [0.2, 0.25) is 0 Å². The number of nitrogens with zero attached hydrogens (tertiary/aromatic N) is 1. The maximum atomic E-state index is 11.7. The Balaban J connectivity index is 0.00000162. The van der Waals surface area contributed by atoms with E-state index in [4.69, 9.17) is 0 Å². The molecule has 1 amide bonds. The van der Waals surface area contributed by atoms with Crippen molar-refractivity contribution in [3.05, 3.63) is 0 Å². The summed E-state index contributed by atoms with van der Waals surface area (Å²) in [6.07, 6.45) is 6.17. The lowest BCUT2D eigenvalue weighted by Gasteiger charge is -2.26. The van der Waals surface area contributed by atoms with E-state index >= 15 is 0 Å². The van der Waals surface area contributed by atoms with Gasteiger partial charge in [0.15, 0.2) is 0 Å². The van der Waals surface area contributed by atoms with Gasteiger partial charge in [-0.2, -0.15) is 0 Å². The molecule has 0 aromatic carbocycles. The number of carbonyl (C=O) groups excluding carboxylic acids is 1. The molecule has 0 saturated carbocycles. The number of likely N-dealkylation sites (tertiary alicyclic amines) is 1. The highest BCUT2D eigenvalue weighted by Crippen LogP contribution is 2.09. The molecule has 0 bridgehead atoms. The molecule has 5 heteroatoms. The second kappa shape index (κ2) is 8.73. The minimum atomic E-state index is 0. The van der Waals surface area contributed by atoms with Crippen LogP contribution in [0.1, 0.15) is 32.1 Å². The fraction of sp³-hybridized carbons (Fsp3) is 0.923. The van der Waals surface area contributed by atoms with Crippen LogP contribution in [0.4, 0.5) is 0 Å². The van der Waals surface area contributed by atoms with Gasteiger partial charge in [-0.1, -0.05) is 6.42 Å². The number of piperidine rings is 1. The summed E-state index contributed by atoms with van der Waals surface area (Å²) in [7, 11) is 0. The molecule has 4 nitrogen and oxygen atoms in total. The summed E-state index contributed by atoms with van der Waals surface area (Å²) >= 11 is 0. The number of nitrogens with one attached hydrogen (secondary N) is 2. The number of amides is 1. The van der Waals surface area contributed by atoms with Crippen molar-refractivity contribution in [3.8, 4) is 0 Å². The van der Waals surface area contributed by atoms with Crippen LogP contribution in [0.5, 0.6) is 0 Å². The highest BCUT2D eigenvalue weighted by atomic mass is 35.5. The molecule has 2 rings (SSSR count). The van der Waals surface area contributed by atoms with Crippen LogP contribution in [0.15, 0.2) is 0 Å². The third kappa shape index (κ3) is 5.12. The van der Waals surface area contributed by atoms with E-state index in [9.17, 15) is 4.79 Å². The molecule has 106 valence electrons. The van der Waals surface area contributed by atoms with E-state index in [1.807, 2.05) is 0 Å². The molecule has 0 aliphatic carbocycles. The van der Waals surface area contributed by atoms with E-state index < -0.39 is 0 Å². The summed E-state index contributed by atoms with van der Waals surface area (Å²) in [5.41, 5.74) is 0. The third-order valence-electron chi connectivity index (χ3n) is 3.83. The first-order valence-corrected chi connectivity index (χ1v) is 7.07. The standard InChI is InChI=1S/C13H25N3O.ClH/c17-13(12-5-7-14-11-12)15-6-4-10-16-8-2-1-3-9-16;/h12,14H,1-11H2,(H,15,17);1H/t12-;/m1./s1. The molecule has 0 aromatic rings. The van der Waals surface area contributed by atoms with Crippen LogP contribution >= 0.6 is 12.4 Å². The van der Waals surface area contributed by atoms with Gasteiger partial charge >= 0.3 is 0 Å². The predicted molar refractivity (Wildman–Crippen MR) is 76.1 cm³/mol. The molecule has 18 heavy (non-hydrogen) atoms. The Morgan fingerprint density at radius 3 is 2.72 bits per heavy atom. The zero-order valence-electron chi connectivity index (χ0n) is 11.1. The summed E-state index contributed by atoms with van der Waals surface area (Å²) in [6, 6.07) is 0. The fourth-order valence-corrected chi connectivity index (χ4v) is 2.72. The molecule has 2 aliphatic heterocycles. The summed E-state index contributed by atoms with van der Waals surface area (Å²) in [5, 5.41) is 6.28. The Morgan fingerprint density at radius 2 is 2.06 bits per heavy atom. The number of rotatable bonds is 5. The van der Waals surface area contributed by atoms with Crippen molar-refractivity contribution in [3.63, 3.8) is 0 Å². The van der Waals surface area contributed by atoms with Gasteiger partial charge in [-0.05, 0) is 51.9 Å². The van der Waals surface area contributed by atoms with Gasteiger partial charge in [0.05, 0.1) is 5.92 Å². The topological polar surface area (TPSA) is 44.4 Å². The van der Waals surface area contributed by atoms with E-state index in [0.29, 0.717) is 0 Å². The zero-order valence-corrected chi connectivity index (χ0v) is 11.9. The Bertz CT molecular complexity index is 238. The Morgan fingerprint density at radius 1 is 1.28 bits per heavy atom. The van der Waals surface area contributed by atoms with Crippen LogP contribution < -0.4 is 10.6 Å². The van der Waals surface area contributed by atoms with Gasteiger partial charge in [-0.25, -0.2) is 0 Å². The van der Waals surface area contributed by atoms with Gasteiger partial charge < -0.3 is 15.5 Å². The van der Waals surface area contributed by atoms with Crippen molar-refractivity contribution in [2.75, 3.05) is 39.3 Å². The minimum absolute atomic E-state index is 0. The number of hydrogen-bond acceptors (Lipinski definition) is 3. The van der Waals surface area contributed by atoms with Crippen molar-refractivity contribution < 1.29 is 4.79 Å². The lowest BCUT2D eigenvalue weighted by atomic mass is 10.1. The van der Waals surface area contributed by atoms with Gasteiger partial charge in [-0.3, -0.25) is 4.79 Å². The largest absolute Gasteiger partial charge is 0.356 e. The average molecular weight is 276 g/mol. The molecule has 0 aromatic heterocycles. The van der Waals surface area contributed by atoms with E-state index in [1.54, 1.807) is 0 Å². The zero-order chi connectivity index (χ0) is 11.9. The predicted octanol–water partition coefficient (Wildman–Crippen LogP) is 1.01. The average Bonchev–Trinajstić information content (AvgIpc) is 2.89. The monoisotopic (exact) mass is 275 g/mol. The summed E-state index contributed by atoms with van der Waals surface area (Å²) in [4.78, 5) is 14.3. The Hall–Kier alpha value is -0.320. The lowest BCUT2D eigenvalue weighted by Crippen LogP contribution is -2.35. The molecule has 2 aliphatic rings. The molecule has 2 heterocycles. The Labute approximate surface area is 116 Å². The van der Waals surface area contributed by atoms with Crippen LogP contribution in [0.3, 0.4) is 0 Å². The third-order valence-corrected chi connectivity index (χ3v) is 3.83. The van der Waals surface area contributed by atoms with Crippen LogP contribution in [0, 0.1) is 5.92 Å². The van der Waals surface area contributed by atoms with Gasteiger partial charge in [-0.15, -0.1) is 12.4 Å². The second-order valence-corrected chi connectivity index (χ2v) is 5.24. The SMILES string of the molecule is Cl.O=C(NCCCN1CCCCC1)[C@@H]1CCNC1. The maximum absolute atomic E-state index is 11.7. The second-order valence-electron chi connectivity index (χ2n) is 5.24. The van der Waals surface area contributed by atoms with Gasteiger partial charge in [0.2, 0.25) is 5.91 Å². The molecule has 2 saturated heterocycles. The van der Waals surface area contributed by atoms with E-state index in [1.165, 1.54) is 32.4 Å². The molecule has 2 fully saturated rings. The first-order chi connectivity index (χ1) is 8.36. The smallest absolute Gasteiger partial charge is 0.224 e. The molecule has 0 unspecified atom stereocenters. The van der Waals surface area contributed by atoms with Gasteiger partial charge in [0, 0.05) is 13.1 Å². The molecular weight excluding hydrogens is 250 g/mol. The van der Waals surface area contributed by atoms with Crippen LogP contribution in [-0.2, 0) is 4.79 Å².